The Labute approximate surface area is 186 Å². The van der Waals surface area contributed by atoms with Crippen molar-refractivity contribution < 1.29 is 14.6 Å². The number of H-pyrrole nitrogens is 3. The van der Waals surface area contributed by atoms with Crippen molar-refractivity contribution in [3.05, 3.63) is 61.1 Å². The summed E-state index contributed by atoms with van der Waals surface area (Å²) in [6, 6.07) is 7.82. The van der Waals surface area contributed by atoms with Gasteiger partial charge in [0, 0.05) is 10.4 Å². The third-order valence-electron chi connectivity index (χ3n) is 5.32. The van der Waals surface area contributed by atoms with Crippen LogP contribution in [0.2, 0.25) is 0 Å². The topological polar surface area (TPSA) is 128 Å². The van der Waals surface area contributed by atoms with Crippen LogP contribution in [0.3, 0.4) is 0 Å². The van der Waals surface area contributed by atoms with Crippen LogP contribution in [0, 0.1) is 6.92 Å². The number of carbonyl (C=O) groups excluding carboxylic acids is 1. The fourth-order valence-corrected chi connectivity index (χ4v) is 4.85. The van der Waals surface area contributed by atoms with Crippen molar-refractivity contribution in [2.75, 3.05) is 6.61 Å². The maximum Gasteiger partial charge on any atom is 0.343 e. The molecule has 0 spiro atoms. The predicted octanol–water partition coefficient (Wildman–Crippen LogP) is 4.25. The molecule has 0 aliphatic carbocycles. The lowest BCUT2D eigenvalue weighted by molar-refractivity contribution is 0.0523. The first-order valence-electron chi connectivity index (χ1n) is 10.2. The number of aryl methyl sites for hydroxylation is 1. The Kier molecular flexibility index (Phi) is 5.52. The van der Waals surface area contributed by atoms with Gasteiger partial charge < -0.3 is 14.8 Å². The maximum absolute atomic E-state index is 12.8. The molecule has 0 aliphatic heterocycles. The smallest absolute Gasteiger partial charge is 0.343 e. The highest BCUT2D eigenvalue weighted by Crippen LogP contribution is 2.47. The lowest BCUT2D eigenvalue weighted by Gasteiger charge is -2.08. The molecule has 0 fully saturated rings. The van der Waals surface area contributed by atoms with Gasteiger partial charge in [-0.1, -0.05) is 38.1 Å². The van der Waals surface area contributed by atoms with E-state index in [0.29, 0.717) is 26.9 Å². The van der Waals surface area contributed by atoms with Gasteiger partial charge in [0.25, 0.3) is 5.56 Å². The minimum Gasteiger partial charge on any atom is -0.505 e. The second-order valence-electron chi connectivity index (χ2n) is 7.74. The summed E-state index contributed by atoms with van der Waals surface area (Å²) in [6.07, 6.45) is 0. The van der Waals surface area contributed by atoms with Gasteiger partial charge in [-0.3, -0.25) is 14.8 Å². The zero-order chi connectivity index (χ0) is 23.2. The average Bonchev–Trinajstić information content (AvgIpc) is 3.25. The molecule has 4 rings (SSSR count). The van der Waals surface area contributed by atoms with E-state index in [9.17, 15) is 19.5 Å². The molecule has 166 valence electrons. The number of esters is 1. The molecule has 0 atom stereocenters. The molecular formula is C23H23N3O5S. The lowest BCUT2D eigenvalue weighted by atomic mass is 9.98. The highest BCUT2D eigenvalue weighted by molar-refractivity contribution is 7.16. The number of aromatic hydroxyl groups is 1. The van der Waals surface area contributed by atoms with Crippen molar-refractivity contribution in [2.45, 2.75) is 33.6 Å². The molecule has 3 heterocycles. The van der Waals surface area contributed by atoms with Crippen LogP contribution in [0.15, 0.2) is 33.9 Å². The fourth-order valence-electron chi connectivity index (χ4n) is 3.76. The number of aromatic nitrogens is 3. The van der Waals surface area contributed by atoms with E-state index in [0.717, 1.165) is 11.1 Å². The summed E-state index contributed by atoms with van der Waals surface area (Å²) >= 11 is 1.18. The van der Waals surface area contributed by atoms with E-state index >= 15 is 0 Å². The Morgan fingerprint density at radius 2 is 1.81 bits per heavy atom. The van der Waals surface area contributed by atoms with Gasteiger partial charge in [-0.15, -0.1) is 11.3 Å². The third-order valence-corrected chi connectivity index (χ3v) is 6.44. The molecular weight excluding hydrogens is 430 g/mol. The second kappa shape index (κ2) is 8.16. The van der Waals surface area contributed by atoms with Crippen LogP contribution in [0.25, 0.3) is 32.7 Å². The molecule has 0 amide bonds. The van der Waals surface area contributed by atoms with Gasteiger partial charge in [0.1, 0.15) is 17.0 Å². The van der Waals surface area contributed by atoms with Crippen molar-refractivity contribution in [3.63, 3.8) is 0 Å². The largest absolute Gasteiger partial charge is 0.505 e. The summed E-state index contributed by atoms with van der Waals surface area (Å²) in [4.78, 5) is 45.9. The Morgan fingerprint density at radius 3 is 2.44 bits per heavy atom. The highest BCUT2D eigenvalue weighted by Gasteiger charge is 2.28. The molecule has 9 heteroatoms. The first-order chi connectivity index (χ1) is 15.2. The van der Waals surface area contributed by atoms with E-state index in [2.05, 4.69) is 28.8 Å². The van der Waals surface area contributed by atoms with E-state index in [1.165, 1.54) is 11.3 Å². The molecule has 0 radical (unpaired) electrons. The Bertz CT molecular complexity index is 1440. The van der Waals surface area contributed by atoms with Gasteiger partial charge in [-0.25, -0.2) is 9.59 Å². The molecule has 0 saturated carbocycles. The quantitative estimate of drug-likeness (QED) is 0.336. The first kappa shape index (κ1) is 21.6. The maximum atomic E-state index is 12.8. The van der Waals surface area contributed by atoms with Crippen LogP contribution >= 0.6 is 11.3 Å². The predicted molar refractivity (Wildman–Crippen MR) is 125 cm³/mol. The summed E-state index contributed by atoms with van der Waals surface area (Å²) < 4.78 is 5.08. The van der Waals surface area contributed by atoms with E-state index in [-0.39, 0.29) is 29.0 Å². The molecule has 0 bridgehead atoms. The second-order valence-corrected chi connectivity index (χ2v) is 8.97. The molecule has 0 saturated heterocycles. The molecule has 1 aromatic carbocycles. The zero-order valence-electron chi connectivity index (χ0n) is 18.1. The summed E-state index contributed by atoms with van der Waals surface area (Å²) in [6.45, 7) is 7.75. The Hall–Kier alpha value is -3.59. The third kappa shape index (κ3) is 3.54. The molecule has 4 N–H and O–H groups in total. The first-order valence-corrected chi connectivity index (χ1v) is 11.0. The summed E-state index contributed by atoms with van der Waals surface area (Å²) in [5, 5.41) is 11.2. The number of benzene rings is 1. The lowest BCUT2D eigenvalue weighted by Crippen LogP contribution is -2.21. The number of nitrogens with one attached hydrogen (secondary N) is 3. The summed E-state index contributed by atoms with van der Waals surface area (Å²) in [5.74, 6) is -0.533. The van der Waals surface area contributed by atoms with E-state index < -0.39 is 17.2 Å². The molecule has 0 aliphatic rings. The van der Waals surface area contributed by atoms with E-state index in [4.69, 9.17) is 4.74 Å². The van der Waals surface area contributed by atoms with E-state index in [1.54, 1.807) is 13.8 Å². The van der Waals surface area contributed by atoms with Crippen LogP contribution in [-0.4, -0.2) is 32.6 Å². The molecule has 4 aromatic rings. The highest BCUT2D eigenvalue weighted by atomic mass is 32.1. The monoisotopic (exact) mass is 453 g/mol. The van der Waals surface area contributed by atoms with Crippen LogP contribution in [0.4, 0.5) is 0 Å². The number of hydrogen-bond donors (Lipinski definition) is 4. The average molecular weight is 454 g/mol. The number of aromatic amines is 3. The number of carbonyl (C=O) groups is 1. The Morgan fingerprint density at radius 1 is 1.12 bits per heavy atom. The van der Waals surface area contributed by atoms with Crippen molar-refractivity contribution in [1.29, 1.82) is 0 Å². The van der Waals surface area contributed by atoms with Crippen LogP contribution in [0.1, 0.15) is 47.5 Å². The van der Waals surface area contributed by atoms with Crippen molar-refractivity contribution >= 4 is 28.3 Å². The molecule has 32 heavy (non-hydrogen) atoms. The van der Waals surface area contributed by atoms with Gasteiger partial charge in [0.2, 0.25) is 0 Å². The minimum absolute atomic E-state index is 0.0724. The van der Waals surface area contributed by atoms with Crippen LogP contribution < -0.4 is 11.2 Å². The molecule has 0 unspecified atom stereocenters. The van der Waals surface area contributed by atoms with Gasteiger partial charge >= 0.3 is 11.7 Å². The normalized spacial score (nSPS) is 11.4. The zero-order valence-corrected chi connectivity index (χ0v) is 18.9. The van der Waals surface area contributed by atoms with Crippen molar-refractivity contribution in [2.24, 2.45) is 0 Å². The minimum atomic E-state index is -0.643. The van der Waals surface area contributed by atoms with Crippen molar-refractivity contribution in [1.82, 2.24) is 15.0 Å². The van der Waals surface area contributed by atoms with Gasteiger partial charge in [-0.05, 0) is 30.9 Å². The summed E-state index contributed by atoms with van der Waals surface area (Å²) in [7, 11) is 0. The number of thiophene rings is 1. The van der Waals surface area contributed by atoms with Gasteiger partial charge in [0.05, 0.1) is 22.6 Å². The molecule has 8 nitrogen and oxygen atoms in total. The van der Waals surface area contributed by atoms with Crippen LogP contribution in [0.5, 0.6) is 5.75 Å². The number of rotatable bonds is 5. The van der Waals surface area contributed by atoms with Gasteiger partial charge in [0.15, 0.2) is 0 Å². The van der Waals surface area contributed by atoms with Gasteiger partial charge in [-0.2, -0.15) is 0 Å². The number of ether oxygens (including phenoxy) is 1. The standard InChI is InChI=1S/C23H23N3O5S/c1-5-31-22(29)14-11(4)32-19(18(14)27)15-16-20(25-23(30)26-21(16)28)24-17(15)13-8-6-12(7-9-13)10(2)3/h6-10,27H,5H2,1-4H3,(H3,24,25,26,28,30). The number of fused-ring (bicyclic) bond motifs is 1. The SMILES string of the molecule is CCOC(=O)c1c(C)sc(-c2c(-c3ccc(C(C)C)cc3)[nH]c3[nH]c(=O)[nH]c(=O)c23)c1O. The van der Waals surface area contributed by atoms with Crippen LogP contribution in [-0.2, 0) is 4.74 Å². The molecule has 3 aromatic heterocycles. The number of hydrogen-bond acceptors (Lipinski definition) is 6. The summed E-state index contributed by atoms with van der Waals surface area (Å²) in [5.41, 5.74) is 1.95. The van der Waals surface area contributed by atoms with E-state index in [1.807, 2.05) is 24.3 Å². The fraction of sp³-hybridized carbons (Fsp3) is 0.261. The Balaban J connectivity index is 2.04. The van der Waals surface area contributed by atoms with Crippen molar-refractivity contribution in [3.8, 4) is 27.4 Å².